The summed E-state index contributed by atoms with van der Waals surface area (Å²) in [6.45, 7) is 8.24. The molecule has 0 aliphatic heterocycles. The normalized spacial score (nSPS) is 20.6. The second-order valence-corrected chi connectivity index (χ2v) is 5.24. The van der Waals surface area contributed by atoms with Crippen LogP contribution >= 0.6 is 0 Å². The minimum Gasteiger partial charge on any atom is -0.357 e. The summed E-state index contributed by atoms with van der Waals surface area (Å²) in [5.74, 6) is 2.84. The lowest BCUT2D eigenvalue weighted by Crippen LogP contribution is -2.25. The molecule has 6 nitrogen and oxygen atoms in total. The maximum Gasteiger partial charge on any atom is 0.231 e. The summed E-state index contributed by atoms with van der Waals surface area (Å²) in [6, 6.07) is 0.534. The Hall–Kier alpha value is -1.59. The Morgan fingerprint density at radius 2 is 1.80 bits per heavy atom. The smallest absolute Gasteiger partial charge is 0.231 e. The van der Waals surface area contributed by atoms with Gasteiger partial charge in [-0.3, -0.25) is 0 Å². The van der Waals surface area contributed by atoms with Crippen molar-refractivity contribution in [2.75, 3.05) is 35.7 Å². The van der Waals surface area contributed by atoms with Crippen molar-refractivity contribution in [3.8, 4) is 0 Å². The molecule has 2 N–H and O–H groups in total. The summed E-state index contributed by atoms with van der Waals surface area (Å²) >= 11 is 0. The minimum absolute atomic E-state index is 0.534. The fraction of sp³-hybridized carbons (Fsp3) is 0.786. The fourth-order valence-electron chi connectivity index (χ4n) is 2.47. The zero-order valence-electron chi connectivity index (χ0n) is 13.0. The molecule has 2 unspecified atom stereocenters. The molecule has 1 aromatic heterocycles. The van der Waals surface area contributed by atoms with E-state index in [1.807, 2.05) is 7.05 Å². The van der Waals surface area contributed by atoms with Crippen LogP contribution in [0.1, 0.15) is 40.0 Å². The highest BCUT2D eigenvalue weighted by Gasteiger charge is 2.36. The van der Waals surface area contributed by atoms with Crippen molar-refractivity contribution < 1.29 is 0 Å². The Labute approximate surface area is 121 Å². The highest BCUT2D eigenvalue weighted by Crippen LogP contribution is 2.36. The van der Waals surface area contributed by atoms with E-state index >= 15 is 0 Å². The van der Waals surface area contributed by atoms with Gasteiger partial charge in [-0.25, -0.2) is 0 Å². The number of hydrogen-bond donors (Lipinski definition) is 2. The van der Waals surface area contributed by atoms with Gasteiger partial charge in [0.05, 0.1) is 0 Å². The van der Waals surface area contributed by atoms with Crippen LogP contribution in [0.25, 0.3) is 0 Å². The van der Waals surface area contributed by atoms with E-state index in [2.05, 4.69) is 51.3 Å². The van der Waals surface area contributed by atoms with Gasteiger partial charge in [0.25, 0.3) is 0 Å². The summed E-state index contributed by atoms with van der Waals surface area (Å²) in [5, 5.41) is 6.45. The zero-order chi connectivity index (χ0) is 14.5. The molecule has 0 bridgehead atoms. The quantitative estimate of drug-likeness (QED) is 0.761. The summed E-state index contributed by atoms with van der Waals surface area (Å²) in [5.41, 5.74) is 0. The van der Waals surface area contributed by atoms with Gasteiger partial charge >= 0.3 is 0 Å². The molecular formula is C14H26N6. The van der Waals surface area contributed by atoms with Crippen LogP contribution in [0.5, 0.6) is 0 Å². The molecule has 2 atom stereocenters. The molecule has 1 aliphatic rings. The lowest BCUT2D eigenvalue weighted by Gasteiger charge is -2.19. The first-order valence-electron chi connectivity index (χ1n) is 7.67. The van der Waals surface area contributed by atoms with Gasteiger partial charge in [0.15, 0.2) is 0 Å². The highest BCUT2D eigenvalue weighted by molar-refractivity contribution is 5.44. The maximum atomic E-state index is 4.55. The van der Waals surface area contributed by atoms with Gasteiger partial charge < -0.3 is 15.5 Å². The highest BCUT2D eigenvalue weighted by atomic mass is 15.3. The summed E-state index contributed by atoms with van der Waals surface area (Å²) in [4.78, 5) is 15.5. The largest absolute Gasteiger partial charge is 0.357 e. The Morgan fingerprint density at radius 1 is 1.10 bits per heavy atom. The second-order valence-electron chi connectivity index (χ2n) is 5.24. The van der Waals surface area contributed by atoms with Gasteiger partial charge in [0.2, 0.25) is 17.8 Å². The molecule has 1 saturated carbocycles. The van der Waals surface area contributed by atoms with E-state index in [0.717, 1.165) is 25.0 Å². The summed E-state index contributed by atoms with van der Waals surface area (Å²) in [7, 11) is 1.84. The standard InChI is InChI=1S/C14H26N6/c1-5-8-10-9-11(10)16-13-17-12(15-4)18-14(19-13)20(6-2)7-3/h10-11H,5-9H2,1-4H3,(H2,15,16,17,18,19). The van der Waals surface area contributed by atoms with Crippen LogP contribution in [-0.2, 0) is 0 Å². The third kappa shape index (κ3) is 3.49. The van der Waals surface area contributed by atoms with Gasteiger partial charge in [-0.15, -0.1) is 0 Å². The number of anilines is 3. The molecule has 1 aliphatic carbocycles. The van der Waals surface area contributed by atoms with E-state index in [0.29, 0.717) is 17.9 Å². The Bertz CT molecular complexity index is 432. The maximum absolute atomic E-state index is 4.55. The first kappa shape index (κ1) is 14.8. The molecule has 2 rings (SSSR count). The predicted molar refractivity (Wildman–Crippen MR) is 83.4 cm³/mol. The van der Waals surface area contributed by atoms with Crippen LogP contribution in [-0.4, -0.2) is 41.1 Å². The molecule has 0 aromatic carbocycles. The first-order valence-corrected chi connectivity index (χ1v) is 7.67. The van der Waals surface area contributed by atoms with Crippen LogP contribution in [0.3, 0.4) is 0 Å². The Balaban J connectivity index is 2.10. The van der Waals surface area contributed by atoms with Crippen molar-refractivity contribution >= 4 is 17.8 Å². The molecule has 1 fully saturated rings. The van der Waals surface area contributed by atoms with E-state index in [1.54, 1.807) is 0 Å². The molecule has 1 heterocycles. The SMILES string of the molecule is CCCC1CC1Nc1nc(NC)nc(N(CC)CC)n1. The van der Waals surface area contributed by atoms with Crippen molar-refractivity contribution in [3.63, 3.8) is 0 Å². The van der Waals surface area contributed by atoms with Gasteiger partial charge in [-0.05, 0) is 32.6 Å². The molecule has 0 amide bonds. The molecule has 112 valence electrons. The van der Waals surface area contributed by atoms with E-state index in [9.17, 15) is 0 Å². The second kappa shape index (κ2) is 6.72. The number of nitrogens with zero attached hydrogens (tertiary/aromatic N) is 4. The van der Waals surface area contributed by atoms with Gasteiger partial charge in [-0.2, -0.15) is 15.0 Å². The van der Waals surface area contributed by atoms with Crippen molar-refractivity contribution in [2.24, 2.45) is 5.92 Å². The van der Waals surface area contributed by atoms with Crippen molar-refractivity contribution in [1.29, 1.82) is 0 Å². The van der Waals surface area contributed by atoms with Gasteiger partial charge in [0.1, 0.15) is 0 Å². The monoisotopic (exact) mass is 278 g/mol. The minimum atomic E-state index is 0.534. The van der Waals surface area contributed by atoms with E-state index in [-0.39, 0.29) is 0 Å². The number of aromatic nitrogens is 3. The van der Waals surface area contributed by atoms with Gasteiger partial charge in [0, 0.05) is 26.2 Å². The Kier molecular flexibility index (Phi) is 4.98. The lowest BCUT2D eigenvalue weighted by atomic mass is 10.2. The molecule has 6 heteroatoms. The average molecular weight is 278 g/mol. The Morgan fingerprint density at radius 3 is 2.40 bits per heavy atom. The summed E-state index contributed by atoms with van der Waals surface area (Å²) in [6.07, 6.45) is 3.76. The number of nitrogens with one attached hydrogen (secondary N) is 2. The van der Waals surface area contributed by atoms with Crippen LogP contribution < -0.4 is 15.5 Å². The molecule has 20 heavy (non-hydrogen) atoms. The number of hydrogen-bond acceptors (Lipinski definition) is 6. The third-order valence-corrected chi connectivity index (χ3v) is 3.79. The van der Waals surface area contributed by atoms with Gasteiger partial charge in [-0.1, -0.05) is 13.3 Å². The van der Waals surface area contributed by atoms with E-state index < -0.39 is 0 Å². The van der Waals surface area contributed by atoms with Crippen molar-refractivity contribution in [3.05, 3.63) is 0 Å². The molecule has 0 saturated heterocycles. The molecular weight excluding hydrogens is 252 g/mol. The third-order valence-electron chi connectivity index (χ3n) is 3.79. The van der Waals surface area contributed by atoms with Crippen LogP contribution in [0.4, 0.5) is 17.8 Å². The molecule has 0 spiro atoms. The van der Waals surface area contributed by atoms with Crippen molar-refractivity contribution in [2.45, 2.75) is 46.1 Å². The van der Waals surface area contributed by atoms with E-state index in [4.69, 9.17) is 0 Å². The lowest BCUT2D eigenvalue weighted by molar-refractivity contribution is 0.690. The molecule has 1 aromatic rings. The predicted octanol–water partition coefficient (Wildman–Crippen LogP) is 2.36. The average Bonchev–Trinajstić information content (AvgIpc) is 3.18. The van der Waals surface area contributed by atoms with Crippen LogP contribution in [0, 0.1) is 5.92 Å². The van der Waals surface area contributed by atoms with Crippen LogP contribution in [0.15, 0.2) is 0 Å². The topological polar surface area (TPSA) is 66.0 Å². The van der Waals surface area contributed by atoms with Crippen LogP contribution in [0.2, 0.25) is 0 Å². The fourth-order valence-corrected chi connectivity index (χ4v) is 2.47. The summed E-state index contributed by atoms with van der Waals surface area (Å²) < 4.78 is 0. The number of rotatable bonds is 8. The first-order chi connectivity index (χ1) is 9.71. The van der Waals surface area contributed by atoms with Crippen molar-refractivity contribution in [1.82, 2.24) is 15.0 Å². The zero-order valence-corrected chi connectivity index (χ0v) is 13.0. The van der Waals surface area contributed by atoms with E-state index in [1.165, 1.54) is 19.3 Å². The molecule has 0 radical (unpaired) electrons.